The summed E-state index contributed by atoms with van der Waals surface area (Å²) in [6.45, 7) is 1.80. The molecule has 0 saturated carbocycles. The van der Waals surface area contributed by atoms with Gasteiger partial charge in [0.25, 0.3) is 5.91 Å². The van der Waals surface area contributed by atoms with Gasteiger partial charge in [-0.25, -0.2) is 5.43 Å². The van der Waals surface area contributed by atoms with Crippen LogP contribution in [0, 0.1) is 0 Å². The standard InChI is InChI=1S/C17H14ClN3O/c1-11(12-6-2-4-8-15(12)18)20-21-17(22)14-10-19-16-9-5-3-7-13(14)16/h2-10,19H,1H3,(H,21,22). The molecule has 0 bridgehead atoms. The summed E-state index contributed by atoms with van der Waals surface area (Å²) in [5, 5.41) is 5.60. The fraction of sp³-hybridized carbons (Fsp3) is 0.0588. The Kier molecular flexibility index (Phi) is 3.94. The van der Waals surface area contributed by atoms with E-state index in [2.05, 4.69) is 15.5 Å². The highest BCUT2D eigenvalue weighted by atomic mass is 35.5. The zero-order valence-electron chi connectivity index (χ0n) is 11.9. The molecule has 0 aliphatic rings. The first-order chi connectivity index (χ1) is 10.7. The number of amides is 1. The van der Waals surface area contributed by atoms with Gasteiger partial charge >= 0.3 is 0 Å². The van der Waals surface area contributed by atoms with E-state index in [1.807, 2.05) is 42.5 Å². The predicted molar refractivity (Wildman–Crippen MR) is 89.4 cm³/mol. The number of hydrazone groups is 1. The van der Waals surface area contributed by atoms with Gasteiger partial charge in [-0.15, -0.1) is 0 Å². The molecule has 5 heteroatoms. The summed E-state index contributed by atoms with van der Waals surface area (Å²) >= 11 is 6.11. The third-order valence-electron chi connectivity index (χ3n) is 3.42. The SMILES string of the molecule is CC(=NNC(=O)c1c[nH]c2ccccc12)c1ccccc1Cl. The molecule has 0 unspecified atom stereocenters. The van der Waals surface area contributed by atoms with Crippen molar-refractivity contribution in [2.75, 3.05) is 0 Å². The van der Waals surface area contributed by atoms with Crippen molar-refractivity contribution in [3.05, 3.63) is 70.9 Å². The molecule has 0 fully saturated rings. The van der Waals surface area contributed by atoms with E-state index in [4.69, 9.17) is 11.6 Å². The maximum atomic E-state index is 12.3. The number of carbonyl (C=O) groups is 1. The van der Waals surface area contributed by atoms with Crippen molar-refractivity contribution in [1.29, 1.82) is 0 Å². The monoisotopic (exact) mass is 311 g/mol. The number of aromatic nitrogens is 1. The number of halogens is 1. The number of hydrogen-bond acceptors (Lipinski definition) is 2. The van der Waals surface area contributed by atoms with Gasteiger partial charge in [0, 0.05) is 27.7 Å². The Bertz CT molecular complexity index is 867. The van der Waals surface area contributed by atoms with Crippen LogP contribution in [-0.4, -0.2) is 16.6 Å². The van der Waals surface area contributed by atoms with Crippen LogP contribution >= 0.6 is 11.6 Å². The lowest BCUT2D eigenvalue weighted by Crippen LogP contribution is -2.19. The van der Waals surface area contributed by atoms with Crippen molar-refractivity contribution < 1.29 is 4.79 Å². The quantitative estimate of drug-likeness (QED) is 0.558. The maximum absolute atomic E-state index is 12.3. The van der Waals surface area contributed by atoms with Crippen LogP contribution in [0.25, 0.3) is 10.9 Å². The molecule has 0 aliphatic heterocycles. The first-order valence-electron chi connectivity index (χ1n) is 6.82. The van der Waals surface area contributed by atoms with Crippen LogP contribution in [0.5, 0.6) is 0 Å². The van der Waals surface area contributed by atoms with Crippen molar-refractivity contribution in [1.82, 2.24) is 10.4 Å². The minimum Gasteiger partial charge on any atom is -0.360 e. The summed E-state index contributed by atoms with van der Waals surface area (Å²) in [6, 6.07) is 15.0. The second-order valence-electron chi connectivity index (χ2n) is 4.87. The van der Waals surface area contributed by atoms with Crippen LogP contribution in [0.3, 0.4) is 0 Å². The molecule has 0 aliphatic carbocycles. The van der Waals surface area contributed by atoms with E-state index in [0.717, 1.165) is 16.5 Å². The van der Waals surface area contributed by atoms with Crippen LogP contribution in [0.1, 0.15) is 22.8 Å². The van der Waals surface area contributed by atoms with E-state index in [0.29, 0.717) is 16.3 Å². The second kappa shape index (κ2) is 6.03. The third kappa shape index (κ3) is 2.73. The summed E-state index contributed by atoms with van der Waals surface area (Å²) in [7, 11) is 0. The Labute approximate surface area is 132 Å². The number of para-hydroxylation sites is 1. The van der Waals surface area contributed by atoms with Crippen LogP contribution in [0.2, 0.25) is 5.02 Å². The predicted octanol–water partition coefficient (Wildman–Crippen LogP) is 3.98. The number of rotatable bonds is 3. The molecule has 3 rings (SSSR count). The van der Waals surface area contributed by atoms with Crippen LogP contribution in [0.15, 0.2) is 59.8 Å². The molecule has 22 heavy (non-hydrogen) atoms. The van der Waals surface area contributed by atoms with Crippen molar-refractivity contribution in [2.45, 2.75) is 6.92 Å². The van der Waals surface area contributed by atoms with Crippen molar-refractivity contribution in [3.63, 3.8) is 0 Å². The van der Waals surface area contributed by atoms with E-state index in [9.17, 15) is 4.79 Å². The highest BCUT2D eigenvalue weighted by Crippen LogP contribution is 2.18. The van der Waals surface area contributed by atoms with Gasteiger partial charge in [-0.3, -0.25) is 4.79 Å². The van der Waals surface area contributed by atoms with Gasteiger partial charge in [0.05, 0.1) is 11.3 Å². The third-order valence-corrected chi connectivity index (χ3v) is 3.75. The summed E-state index contributed by atoms with van der Waals surface area (Å²) in [6.07, 6.45) is 1.68. The number of fused-ring (bicyclic) bond motifs is 1. The average Bonchev–Trinajstić information content (AvgIpc) is 2.97. The van der Waals surface area contributed by atoms with Crippen molar-refractivity contribution in [3.8, 4) is 0 Å². The highest BCUT2D eigenvalue weighted by Gasteiger charge is 2.11. The van der Waals surface area contributed by atoms with Crippen LogP contribution in [-0.2, 0) is 0 Å². The normalized spacial score (nSPS) is 11.6. The number of hydrogen-bond donors (Lipinski definition) is 2. The number of H-pyrrole nitrogens is 1. The topological polar surface area (TPSA) is 57.2 Å². The Balaban J connectivity index is 1.83. The van der Waals surface area contributed by atoms with Gasteiger partial charge in [-0.2, -0.15) is 5.10 Å². The zero-order valence-corrected chi connectivity index (χ0v) is 12.7. The molecule has 2 N–H and O–H groups in total. The van der Waals surface area contributed by atoms with E-state index >= 15 is 0 Å². The molecule has 1 heterocycles. The van der Waals surface area contributed by atoms with Crippen molar-refractivity contribution in [2.24, 2.45) is 5.10 Å². The van der Waals surface area contributed by atoms with Gasteiger partial charge in [0.2, 0.25) is 0 Å². The van der Waals surface area contributed by atoms with E-state index in [1.54, 1.807) is 19.2 Å². The Morgan fingerprint density at radius 1 is 1.09 bits per heavy atom. The van der Waals surface area contributed by atoms with Gasteiger partial charge in [-0.1, -0.05) is 48.0 Å². The summed E-state index contributed by atoms with van der Waals surface area (Å²) in [5.41, 5.74) is 5.50. The molecule has 2 aromatic carbocycles. The van der Waals surface area contributed by atoms with Crippen molar-refractivity contribution >= 4 is 34.1 Å². The molecular formula is C17H14ClN3O. The number of aromatic amines is 1. The second-order valence-corrected chi connectivity index (χ2v) is 5.27. The fourth-order valence-electron chi connectivity index (χ4n) is 2.27. The molecule has 0 spiro atoms. The van der Waals surface area contributed by atoms with E-state index in [1.165, 1.54) is 0 Å². The smallest absolute Gasteiger partial charge is 0.273 e. The number of nitrogens with one attached hydrogen (secondary N) is 2. The molecule has 1 aromatic heterocycles. The number of nitrogens with zero attached hydrogens (tertiary/aromatic N) is 1. The van der Waals surface area contributed by atoms with Gasteiger partial charge in [0.1, 0.15) is 0 Å². The van der Waals surface area contributed by atoms with Crippen LogP contribution < -0.4 is 5.43 Å². The lowest BCUT2D eigenvalue weighted by atomic mass is 10.1. The minimum atomic E-state index is -0.260. The lowest BCUT2D eigenvalue weighted by Gasteiger charge is -2.04. The van der Waals surface area contributed by atoms with E-state index in [-0.39, 0.29) is 5.91 Å². The summed E-state index contributed by atoms with van der Waals surface area (Å²) in [5.74, 6) is -0.260. The molecule has 1 amide bonds. The largest absolute Gasteiger partial charge is 0.360 e. The Hall–Kier alpha value is -2.59. The van der Waals surface area contributed by atoms with Gasteiger partial charge < -0.3 is 4.98 Å². The first kappa shape index (κ1) is 14.4. The molecule has 110 valence electrons. The molecule has 0 radical (unpaired) electrons. The lowest BCUT2D eigenvalue weighted by molar-refractivity contribution is 0.0956. The van der Waals surface area contributed by atoms with E-state index < -0.39 is 0 Å². The fourth-order valence-corrected chi connectivity index (χ4v) is 2.54. The Morgan fingerprint density at radius 3 is 2.64 bits per heavy atom. The molecule has 0 saturated heterocycles. The zero-order chi connectivity index (χ0) is 15.5. The average molecular weight is 312 g/mol. The molecule has 0 atom stereocenters. The minimum absolute atomic E-state index is 0.260. The summed E-state index contributed by atoms with van der Waals surface area (Å²) in [4.78, 5) is 15.3. The first-order valence-corrected chi connectivity index (χ1v) is 7.20. The van der Waals surface area contributed by atoms with Crippen LogP contribution in [0.4, 0.5) is 0 Å². The molecule has 4 nitrogen and oxygen atoms in total. The van der Waals surface area contributed by atoms with Gasteiger partial charge in [0.15, 0.2) is 0 Å². The maximum Gasteiger partial charge on any atom is 0.273 e. The number of benzene rings is 2. The summed E-state index contributed by atoms with van der Waals surface area (Å²) < 4.78 is 0. The number of carbonyl (C=O) groups excluding carboxylic acids is 1. The highest BCUT2D eigenvalue weighted by molar-refractivity contribution is 6.34. The Morgan fingerprint density at radius 2 is 1.82 bits per heavy atom. The van der Waals surface area contributed by atoms with Gasteiger partial charge in [-0.05, 0) is 19.1 Å². The molecule has 3 aromatic rings. The molecular weight excluding hydrogens is 298 g/mol.